The van der Waals surface area contributed by atoms with E-state index in [1.807, 2.05) is 36.4 Å². The van der Waals surface area contributed by atoms with Crippen molar-refractivity contribution in [3.05, 3.63) is 90.5 Å². The van der Waals surface area contributed by atoms with Gasteiger partial charge in [-0.05, 0) is 36.8 Å². The number of H-pyrrole nitrogens is 1. The van der Waals surface area contributed by atoms with Crippen LogP contribution >= 0.6 is 12.6 Å². The summed E-state index contributed by atoms with van der Waals surface area (Å²) in [4.78, 5) is 4.39. The first kappa shape index (κ1) is 15.4. The smallest absolute Gasteiger partial charge is 0.0464 e. The number of para-hydroxylation sites is 1. The number of benzene rings is 3. The van der Waals surface area contributed by atoms with Crippen LogP contribution in [0.1, 0.15) is 5.56 Å². The SMILES string of the molecule is Cc1ccccc1.Sc1ccc(-c2cc3ccccc3[nH]2)cc1. The normalized spacial score (nSPS) is 10.2. The lowest BCUT2D eigenvalue weighted by atomic mass is 10.1. The molecule has 23 heavy (non-hydrogen) atoms. The van der Waals surface area contributed by atoms with Crippen LogP contribution < -0.4 is 0 Å². The quantitative estimate of drug-likeness (QED) is 0.393. The lowest BCUT2D eigenvalue weighted by molar-refractivity contribution is 1.42. The molecule has 0 saturated heterocycles. The number of aromatic amines is 1. The van der Waals surface area contributed by atoms with Crippen LogP contribution in [0, 0.1) is 6.92 Å². The minimum atomic E-state index is 0.986. The minimum Gasteiger partial charge on any atom is -0.355 e. The maximum atomic E-state index is 4.28. The second-order valence-electron chi connectivity index (χ2n) is 5.47. The average Bonchev–Trinajstić information content (AvgIpc) is 3.01. The van der Waals surface area contributed by atoms with Crippen LogP contribution in [-0.4, -0.2) is 4.98 Å². The van der Waals surface area contributed by atoms with E-state index >= 15 is 0 Å². The minimum absolute atomic E-state index is 0.986. The van der Waals surface area contributed by atoms with Gasteiger partial charge in [0.1, 0.15) is 0 Å². The van der Waals surface area contributed by atoms with Gasteiger partial charge >= 0.3 is 0 Å². The molecule has 0 spiro atoms. The zero-order valence-corrected chi connectivity index (χ0v) is 13.9. The average molecular weight is 317 g/mol. The van der Waals surface area contributed by atoms with Crippen molar-refractivity contribution in [1.29, 1.82) is 0 Å². The molecule has 0 amide bonds. The van der Waals surface area contributed by atoms with E-state index in [9.17, 15) is 0 Å². The Labute approximate surface area is 142 Å². The molecule has 114 valence electrons. The fourth-order valence-corrected chi connectivity index (χ4v) is 2.55. The molecule has 1 nitrogen and oxygen atoms in total. The van der Waals surface area contributed by atoms with Crippen molar-refractivity contribution in [2.75, 3.05) is 0 Å². The topological polar surface area (TPSA) is 15.8 Å². The van der Waals surface area contributed by atoms with Gasteiger partial charge in [-0.3, -0.25) is 0 Å². The zero-order chi connectivity index (χ0) is 16.1. The van der Waals surface area contributed by atoms with Crippen LogP contribution in [0.25, 0.3) is 22.2 Å². The van der Waals surface area contributed by atoms with Crippen LogP contribution in [0.4, 0.5) is 0 Å². The van der Waals surface area contributed by atoms with E-state index in [0.29, 0.717) is 0 Å². The molecule has 0 radical (unpaired) electrons. The number of rotatable bonds is 1. The van der Waals surface area contributed by atoms with Crippen molar-refractivity contribution in [2.24, 2.45) is 0 Å². The van der Waals surface area contributed by atoms with E-state index < -0.39 is 0 Å². The van der Waals surface area contributed by atoms with E-state index in [-0.39, 0.29) is 0 Å². The molecule has 0 aliphatic rings. The van der Waals surface area contributed by atoms with Gasteiger partial charge in [-0.2, -0.15) is 0 Å². The molecule has 2 heteroatoms. The number of hydrogen-bond donors (Lipinski definition) is 2. The van der Waals surface area contributed by atoms with E-state index in [2.05, 4.69) is 73.1 Å². The summed E-state index contributed by atoms with van der Waals surface area (Å²) in [5.74, 6) is 0. The Morgan fingerprint density at radius 1 is 0.739 bits per heavy atom. The summed E-state index contributed by atoms with van der Waals surface area (Å²) >= 11 is 4.28. The molecular formula is C21H19NS. The van der Waals surface area contributed by atoms with Crippen molar-refractivity contribution in [2.45, 2.75) is 11.8 Å². The molecule has 4 rings (SSSR count). The largest absolute Gasteiger partial charge is 0.355 e. The Bertz CT molecular complexity index is 844. The van der Waals surface area contributed by atoms with Crippen molar-refractivity contribution in [3.63, 3.8) is 0 Å². The second-order valence-corrected chi connectivity index (χ2v) is 5.99. The van der Waals surface area contributed by atoms with Gasteiger partial charge in [-0.15, -0.1) is 12.6 Å². The molecule has 0 atom stereocenters. The summed E-state index contributed by atoms with van der Waals surface area (Å²) in [5, 5.41) is 1.24. The predicted molar refractivity (Wildman–Crippen MR) is 102 cm³/mol. The van der Waals surface area contributed by atoms with Gasteiger partial charge in [0, 0.05) is 21.5 Å². The molecule has 1 N–H and O–H groups in total. The Balaban J connectivity index is 0.000000188. The van der Waals surface area contributed by atoms with Gasteiger partial charge in [-0.25, -0.2) is 0 Å². The molecule has 0 saturated carbocycles. The molecular weight excluding hydrogens is 298 g/mol. The number of fused-ring (bicyclic) bond motifs is 1. The summed E-state index contributed by atoms with van der Waals surface area (Å²) < 4.78 is 0. The molecule has 0 aliphatic carbocycles. The molecule has 0 unspecified atom stereocenters. The van der Waals surface area contributed by atoms with Crippen LogP contribution in [-0.2, 0) is 0 Å². The van der Waals surface area contributed by atoms with E-state index in [4.69, 9.17) is 0 Å². The Kier molecular flexibility index (Phi) is 4.84. The van der Waals surface area contributed by atoms with E-state index in [0.717, 1.165) is 10.6 Å². The highest BCUT2D eigenvalue weighted by molar-refractivity contribution is 7.80. The summed E-state index contributed by atoms with van der Waals surface area (Å²) in [6.07, 6.45) is 0. The van der Waals surface area contributed by atoms with Gasteiger partial charge in [0.25, 0.3) is 0 Å². The van der Waals surface area contributed by atoms with Crippen molar-refractivity contribution < 1.29 is 0 Å². The molecule has 0 bridgehead atoms. The zero-order valence-electron chi connectivity index (χ0n) is 13.0. The molecule has 0 fully saturated rings. The maximum Gasteiger partial charge on any atom is 0.0464 e. The monoisotopic (exact) mass is 317 g/mol. The number of aromatic nitrogens is 1. The van der Waals surface area contributed by atoms with Crippen molar-refractivity contribution in [1.82, 2.24) is 4.98 Å². The number of hydrogen-bond acceptors (Lipinski definition) is 1. The predicted octanol–water partition coefficient (Wildman–Crippen LogP) is 6.12. The standard InChI is InChI=1S/C14H11NS.C7H8/c16-12-7-5-10(6-8-12)14-9-11-3-1-2-4-13(11)15-14;1-7-5-3-2-4-6-7/h1-9,15-16H;2-6H,1H3. The van der Waals surface area contributed by atoms with Crippen LogP contribution in [0.2, 0.25) is 0 Å². The van der Waals surface area contributed by atoms with Gasteiger partial charge in [0.05, 0.1) is 0 Å². The summed E-state index contributed by atoms with van der Waals surface area (Å²) in [7, 11) is 0. The highest BCUT2D eigenvalue weighted by atomic mass is 32.1. The lowest BCUT2D eigenvalue weighted by Crippen LogP contribution is -1.75. The molecule has 3 aromatic carbocycles. The summed E-state index contributed by atoms with van der Waals surface area (Å²) in [6.45, 7) is 2.08. The van der Waals surface area contributed by atoms with Gasteiger partial charge in [0.15, 0.2) is 0 Å². The summed E-state index contributed by atoms with van der Waals surface area (Å²) in [6, 6.07) is 28.9. The Morgan fingerprint density at radius 3 is 2.00 bits per heavy atom. The first-order valence-electron chi connectivity index (χ1n) is 7.61. The lowest BCUT2D eigenvalue weighted by Gasteiger charge is -1.97. The molecule has 4 aromatic rings. The van der Waals surface area contributed by atoms with Crippen LogP contribution in [0.15, 0.2) is 89.8 Å². The first-order valence-corrected chi connectivity index (χ1v) is 8.06. The van der Waals surface area contributed by atoms with E-state index in [1.165, 1.54) is 22.0 Å². The first-order chi connectivity index (χ1) is 11.2. The van der Waals surface area contributed by atoms with E-state index in [1.54, 1.807) is 0 Å². The van der Waals surface area contributed by atoms with Crippen LogP contribution in [0.3, 0.4) is 0 Å². The van der Waals surface area contributed by atoms with Gasteiger partial charge in [-0.1, -0.05) is 66.2 Å². The fourth-order valence-electron chi connectivity index (χ4n) is 2.40. The number of aryl methyl sites for hydroxylation is 1. The fraction of sp³-hybridized carbons (Fsp3) is 0.0476. The highest BCUT2D eigenvalue weighted by Crippen LogP contribution is 2.24. The Hall–Kier alpha value is -2.45. The summed E-state index contributed by atoms with van der Waals surface area (Å²) in [5.41, 5.74) is 4.83. The molecule has 0 aliphatic heterocycles. The molecule has 1 heterocycles. The van der Waals surface area contributed by atoms with Crippen LogP contribution in [0.5, 0.6) is 0 Å². The van der Waals surface area contributed by atoms with Gasteiger partial charge < -0.3 is 4.98 Å². The maximum absolute atomic E-state index is 4.28. The third-order valence-corrected chi connectivity index (χ3v) is 3.95. The number of thiol groups is 1. The highest BCUT2D eigenvalue weighted by Gasteiger charge is 2.01. The third kappa shape index (κ3) is 4.05. The van der Waals surface area contributed by atoms with Crippen molar-refractivity contribution >= 4 is 23.5 Å². The Morgan fingerprint density at radius 2 is 1.39 bits per heavy atom. The second kappa shape index (κ2) is 7.21. The number of nitrogens with one attached hydrogen (secondary N) is 1. The van der Waals surface area contributed by atoms with Crippen molar-refractivity contribution in [3.8, 4) is 11.3 Å². The molecule has 1 aromatic heterocycles. The third-order valence-electron chi connectivity index (χ3n) is 3.65. The van der Waals surface area contributed by atoms with Gasteiger partial charge in [0.2, 0.25) is 0 Å².